The molecule has 110 valence electrons. The molecule has 0 radical (unpaired) electrons. The zero-order chi connectivity index (χ0) is 14.7. The third-order valence-electron chi connectivity index (χ3n) is 3.91. The molecule has 1 atom stereocenters. The number of hydrogen-bond acceptors (Lipinski definition) is 3. The van der Waals surface area contributed by atoms with Crippen molar-refractivity contribution >= 4 is 16.8 Å². The summed E-state index contributed by atoms with van der Waals surface area (Å²) in [5, 5.41) is 7.16. The largest absolute Gasteiger partial charge is 0.349 e. The van der Waals surface area contributed by atoms with Crippen LogP contribution in [0.15, 0.2) is 35.1 Å². The lowest BCUT2D eigenvalue weighted by Crippen LogP contribution is -2.36. The van der Waals surface area contributed by atoms with Crippen LogP contribution in [-0.2, 0) is 0 Å². The topological polar surface area (TPSA) is 74.0 Å². The summed E-state index contributed by atoms with van der Waals surface area (Å²) in [5.41, 5.74) is 0.894. The number of carbonyl (C=O) groups excluding carboxylic acids is 1. The Morgan fingerprint density at radius 3 is 2.95 bits per heavy atom. The van der Waals surface area contributed by atoms with Crippen molar-refractivity contribution in [1.29, 1.82) is 0 Å². The number of carbonyl (C=O) groups is 1. The van der Waals surface area contributed by atoms with Crippen molar-refractivity contribution in [2.45, 2.75) is 25.3 Å². The smallest absolute Gasteiger partial charge is 0.252 e. The standard InChI is InChI=1S/C16H19N3O2/c20-15-10-13(12-5-1-2-6-14(12)19-15)16(21)18-11-4-3-8-17-9-7-11/h1-2,5-6,10-11,17H,3-4,7-9H2,(H,18,21)(H,19,20). The summed E-state index contributed by atoms with van der Waals surface area (Å²) < 4.78 is 0. The van der Waals surface area contributed by atoms with Crippen molar-refractivity contribution < 1.29 is 4.79 Å². The van der Waals surface area contributed by atoms with Crippen LogP contribution in [0.1, 0.15) is 29.6 Å². The second-order valence-corrected chi connectivity index (χ2v) is 5.44. The van der Waals surface area contributed by atoms with Crippen molar-refractivity contribution in [3.63, 3.8) is 0 Å². The Morgan fingerprint density at radius 1 is 1.19 bits per heavy atom. The first-order valence-electron chi connectivity index (χ1n) is 7.38. The minimum absolute atomic E-state index is 0.163. The zero-order valence-electron chi connectivity index (χ0n) is 11.8. The maximum atomic E-state index is 12.5. The Hall–Kier alpha value is -2.14. The van der Waals surface area contributed by atoms with E-state index in [0.717, 1.165) is 37.7 Å². The van der Waals surface area contributed by atoms with Crippen molar-refractivity contribution in [3.05, 3.63) is 46.2 Å². The molecule has 2 heterocycles. The predicted octanol–water partition coefficient (Wildman–Crippen LogP) is 1.40. The van der Waals surface area contributed by atoms with Crippen LogP contribution in [0.2, 0.25) is 0 Å². The van der Waals surface area contributed by atoms with Gasteiger partial charge in [-0.3, -0.25) is 9.59 Å². The molecule has 1 fully saturated rings. The Bertz CT molecular complexity index is 700. The summed E-state index contributed by atoms with van der Waals surface area (Å²) in [6.07, 6.45) is 2.95. The molecule has 0 aliphatic carbocycles. The average molecular weight is 285 g/mol. The number of fused-ring (bicyclic) bond motifs is 1. The molecular formula is C16H19N3O2. The number of H-pyrrole nitrogens is 1. The van der Waals surface area contributed by atoms with Gasteiger partial charge < -0.3 is 15.6 Å². The molecular weight excluding hydrogens is 266 g/mol. The lowest BCUT2D eigenvalue weighted by atomic mass is 10.1. The Kier molecular flexibility index (Phi) is 4.01. The number of benzene rings is 1. The van der Waals surface area contributed by atoms with E-state index in [-0.39, 0.29) is 17.5 Å². The second kappa shape index (κ2) is 6.10. The molecule has 1 aliphatic heterocycles. The highest BCUT2D eigenvalue weighted by atomic mass is 16.2. The van der Waals surface area contributed by atoms with E-state index in [4.69, 9.17) is 0 Å². The first-order valence-corrected chi connectivity index (χ1v) is 7.38. The molecule has 3 N–H and O–H groups in total. The van der Waals surface area contributed by atoms with Gasteiger partial charge in [0.2, 0.25) is 5.56 Å². The van der Waals surface area contributed by atoms with E-state index >= 15 is 0 Å². The number of aromatic nitrogens is 1. The summed E-state index contributed by atoms with van der Waals surface area (Å²) >= 11 is 0. The van der Waals surface area contributed by atoms with Crippen molar-refractivity contribution in [1.82, 2.24) is 15.6 Å². The molecule has 5 heteroatoms. The summed E-state index contributed by atoms with van der Waals surface area (Å²) in [7, 11) is 0. The summed E-state index contributed by atoms with van der Waals surface area (Å²) in [6.45, 7) is 1.92. The molecule has 0 saturated carbocycles. The number of aromatic amines is 1. The number of rotatable bonds is 2. The maximum Gasteiger partial charge on any atom is 0.252 e. The van der Waals surface area contributed by atoms with Crippen LogP contribution in [0.3, 0.4) is 0 Å². The van der Waals surface area contributed by atoms with Gasteiger partial charge in [-0.05, 0) is 38.4 Å². The van der Waals surface area contributed by atoms with Gasteiger partial charge in [0.1, 0.15) is 0 Å². The molecule has 1 unspecified atom stereocenters. The maximum absolute atomic E-state index is 12.5. The monoisotopic (exact) mass is 285 g/mol. The molecule has 1 aliphatic rings. The molecule has 3 rings (SSSR count). The SMILES string of the molecule is O=C(NC1CCCNCC1)c1cc(=O)[nH]c2ccccc12. The fraction of sp³-hybridized carbons (Fsp3) is 0.375. The van der Waals surface area contributed by atoms with E-state index in [2.05, 4.69) is 15.6 Å². The van der Waals surface area contributed by atoms with Gasteiger partial charge in [-0.1, -0.05) is 18.2 Å². The highest BCUT2D eigenvalue weighted by molar-refractivity contribution is 6.06. The summed E-state index contributed by atoms with van der Waals surface area (Å²) in [4.78, 5) is 27.0. The van der Waals surface area contributed by atoms with Crippen LogP contribution < -0.4 is 16.2 Å². The quantitative estimate of drug-likeness (QED) is 0.781. The Labute approximate surface area is 122 Å². The summed E-state index contributed by atoms with van der Waals surface area (Å²) in [5.74, 6) is -0.163. The number of pyridine rings is 1. The van der Waals surface area contributed by atoms with Crippen LogP contribution in [0.5, 0.6) is 0 Å². The van der Waals surface area contributed by atoms with Gasteiger partial charge in [0.15, 0.2) is 0 Å². The predicted molar refractivity (Wildman–Crippen MR) is 82.5 cm³/mol. The van der Waals surface area contributed by atoms with E-state index in [1.165, 1.54) is 6.07 Å². The van der Waals surface area contributed by atoms with Crippen LogP contribution in [-0.4, -0.2) is 30.0 Å². The molecule has 1 aromatic heterocycles. The third-order valence-corrected chi connectivity index (χ3v) is 3.91. The average Bonchev–Trinajstić information content (AvgIpc) is 2.75. The van der Waals surface area contributed by atoms with Gasteiger partial charge in [-0.25, -0.2) is 0 Å². The Balaban J connectivity index is 1.88. The normalized spacial score (nSPS) is 19.1. The van der Waals surface area contributed by atoms with E-state index in [1.54, 1.807) is 0 Å². The molecule has 0 bridgehead atoms. The van der Waals surface area contributed by atoms with E-state index in [0.29, 0.717) is 11.1 Å². The van der Waals surface area contributed by atoms with E-state index < -0.39 is 0 Å². The first kappa shape index (κ1) is 13.8. The van der Waals surface area contributed by atoms with Gasteiger partial charge >= 0.3 is 0 Å². The molecule has 2 aromatic rings. The van der Waals surface area contributed by atoms with E-state index in [9.17, 15) is 9.59 Å². The molecule has 1 amide bonds. The van der Waals surface area contributed by atoms with Crippen molar-refractivity contribution in [3.8, 4) is 0 Å². The second-order valence-electron chi connectivity index (χ2n) is 5.44. The van der Waals surface area contributed by atoms with Gasteiger partial charge in [-0.2, -0.15) is 0 Å². The lowest BCUT2D eigenvalue weighted by Gasteiger charge is -2.16. The Morgan fingerprint density at radius 2 is 2.05 bits per heavy atom. The fourth-order valence-corrected chi connectivity index (χ4v) is 2.82. The fourth-order valence-electron chi connectivity index (χ4n) is 2.82. The third kappa shape index (κ3) is 3.13. The molecule has 1 aromatic carbocycles. The zero-order valence-corrected chi connectivity index (χ0v) is 11.8. The van der Waals surface area contributed by atoms with Crippen molar-refractivity contribution in [2.24, 2.45) is 0 Å². The molecule has 0 spiro atoms. The molecule has 5 nitrogen and oxygen atoms in total. The van der Waals surface area contributed by atoms with Crippen LogP contribution in [0.4, 0.5) is 0 Å². The van der Waals surface area contributed by atoms with Gasteiger partial charge in [0, 0.05) is 23.0 Å². The lowest BCUT2D eigenvalue weighted by molar-refractivity contribution is 0.0935. The first-order chi connectivity index (χ1) is 10.2. The summed E-state index contributed by atoms with van der Waals surface area (Å²) in [6, 6.07) is 8.93. The number of hydrogen-bond donors (Lipinski definition) is 3. The van der Waals surface area contributed by atoms with Gasteiger partial charge in [0.05, 0.1) is 5.56 Å². The molecule has 21 heavy (non-hydrogen) atoms. The highest BCUT2D eigenvalue weighted by Crippen LogP contribution is 2.15. The highest BCUT2D eigenvalue weighted by Gasteiger charge is 2.17. The minimum Gasteiger partial charge on any atom is -0.349 e. The van der Waals surface area contributed by atoms with E-state index in [1.807, 2.05) is 24.3 Å². The van der Waals surface area contributed by atoms with Crippen LogP contribution in [0.25, 0.3) is 10.9 Å². The van der Waals surface area contributed by atoms with Crippen molar-refractivity contribution in [2.75, 3.05) is 13.1 Å². The number of para-hydroxylation sites is 1. The minimum atomic E-state index is -0.249. The van der Waals surface area contributed by atoms with Gasteiger partial charge in [-0.15, -0.1) is 0 Å². The van der Waals surface area contributed by atoms with Crippen LogP contribution >= 0.6 is 0 Å². The molecule has 1 saturated heterocycles. The van der Waals surface area contributed by atoms with Crippen LogP contribution in [0, 0.1) is 0 Å². The number of nitrogens with one attached hydrogen (secondary N) is 3. The number of amides is 1. The van der Waals surface area contributed by atoms with Gasteiger partial charge in [0.25, 0.3) is 5.91 Å².